The van der Waals surface area contributed by atoms with E-state index in [1.165, 1.54) is 0 Å². The summed E-state index contributed by atoms with van der Waals surface area (Å²) in [5.41, 5.74) is 0.798. The SMILES string of the molecule is Clc1nc(Cl)c2c(n1)NCC=C2. The van der Waals surface area contributed by atoms with Crippen LogP contribution in [-0.2, 0) is 0 Å². The molecule has 0 bridgehead atoms. The Kier molecular flexibility index (Phi) is 1.90. The zero-order valence-corrected chi connectivity index (χ0v) is 7.52. The molecule has 0 radical (unpaired) electrons. The molecule has 3 nitrogen and oxygen atoms in total. The maximum absolute atomic E-state index is 5.82. The van der Waals surface area contributed by atoms with Crippen LogP contribution in [0.1, 0.15) is 5.56 Å². The summed E-state index contributed by atoms with van der Waals surface area (Å²) in [5.74, 6) is 0.697. The van der Waals surface area contributed by atoms with Gasteiger partial charge in [-0.1, -0.05) is 23.8 Å². The van der Waals surface area contributed by atoms with Gasteiger partial charge in [0.2, 0.25) is 5.28 Å². The third-order valence-corrected chi connectivity index (χ3v) is 2.00. The predicted molar refractivity (Wildman–Crippen MR) is 49.6 cm³/mol. The monoisotopic (exact) mass is 201 g/mol. The average molecular weight is 202 g/mol. The molecule has 1 N–H and O–H groups in total. The fourth-order valence-corrected chi connectivity index (χ4v) is 1.48. The molecule has 0 unspecified atom stereocenters. The second-order valence-electron chi connectivity index (χ2n) is 2.33. The van der Waals surface area contributed by atoms with Crippen molar-refractivity contribution in [1.82, 2.24) is 9.97 Å². The lowest BCUT2D eigenvalue weighted by atomic mass is 10.2. The number of halogens is 2. The Hall–Kier alpha value is -0.800. The van der Waals surface area contributed by atoms with Crippen molar-refractivity contribution in [2.75, 3.05) is 11.9 Å². The van der Waals surface area contributed by atoms with Crippen molar-refractivity contribution in [2.45, 2.75) is 0 Å². The normalized spacial score (nSPS) is 13.8. The molecule has 1 aliphatic rings. The number of nitrogens with zero attached hydrogens (tertiary/aromatic N) is 2. The first-order valence-electron chi connectivity index (χ1n) is 3.41. The van der Waals surface area contributed by atoms with Gasteiger partial charge in [-0.15, -0.1) is 0 Å². The lowest BCUT2D eigenvalue weighted by Gasteiger charge is -2.11. The number of fused-ring (bicyclic) bond motifs is 1. The van der Waals surface area contributed by atoms with E-state index in [0.717, 1.165) is 12.1 Å². The van der Waals surface area contributed by atoms with Crippen LogP contribution in [0, 0.1) is 0 Å². The van der Waals surface area contributed by atoms with E-state index in [2.05, 4.69) is 15.3 Å². The number of rotatable bonds is 0. The standard InChI is InChI=1S/C7H5Cl2N3/c8-5-4-2-1-3-10-6(4)12-7(9)11-5/h1-2H,3H2,(H,10,11,12). The molecule has 0 atom stereocenters. The molecule has 1 aromatic rings. The highest BCUT2D eigenvalue weighted by molar-refractivity contribution is 6.33. The largest absolute Gasteiger partial charge is 0.366 e. The molecule has 0 aliphatic carbocycles. The van der Waals surface area contributed by atoms with Gasteiger partial charge in [0.15, 0.2) is 0 Å². The zero-order valence-electron chi connectivity index (χ0n) is 6.01. The fraction of sp³-hybridized carbons (Fsp3) is 0.143. The van der Waals surface area contributed by atoms with Gasteiger partial charge in [-0.25, -0.2) is 9.97 Å². The minimum Gasteiger partial charge on any atom is -0.366 e. The predicted octanol–water partition coefficient (Wildman–Crippen LogP) is 2.22. The molecule has 0 fully saturated rings. The van der Waals surface area contributed by atoms with Crippen molar-refractivity contribution in [3.63, 3.8) is 0 Å². The molecule has 5 heteroatoms. The summed E-state index contributed by atoms with van der Waals surface area (Å²) in [5, 5.41) is 3.59. The summed E-state index contributed by atoms with van der Waals surface area (Å²) in [6, 6.07) is 0. The van der Waals surface area contributed by atoms with Gasteiger partial charge in [-0.05, 0) is 11.6 Å². The van der Waals surface area contributed by atoms with Crippen LogP contribution in [-0.4, -0.2) is 16.5 Å². The molecule has 0 saturated heterocycles. The quantitative estimate of drug-likeness (QED) is 0.517. The first-order chi connectivity index (χ1) is 5.77. The zero-order chi connectivity index (χ0) is 8.55. The molecule has 0 saturated carbocycles. The summed E-state index contributed by atoms with van der Waals surface area (Å²) in [4.78, 5) is 7.80. The second kappa shape index (κ2) is 2.92. The molecule has 12 heavy (non-hydrogen) atoms. The Bertz CT molecular complexity index is 349. The van der Waals surface area contributed by atoms with E-state index in [0.29, 0.717) is 11.0 Å². The van der Waals surface area contributed by atoms with Crippen LogP contribution in [0.4, 0.5) is 5.82 Å². The Morgan fingerprint density at radius 1 is 1.33 bits per heavy atom. The van der Waals surface area contributed by atoms with E-state index < -0.39 is 0 Å². The highest BCUT2D eigenvalue weighted by Crippen LogP contribution is 2.25. The Morgan fingerprint density at radius 3 is 3.00 bits per heavy atom. The Labute approximate surface area is 79.4 Å². The Morgan fingerprint density at radius 2 is 2.17 bits per heavy atom. The third kappa shape index (κ3) is 1.26. The van der Waals surface area contributed by atoms with Gasteiger partial charge < -0.3 is 5.32 Å². The molecule has 62 valence electrons. The van der Waals surface area contributed by atoms with Gasteiger partial charge in [0, 0.05) is 6.54 Å². The molecule has 0 amide bonds. The molecule has 1 aromatic heterocycles. The second-order valence-corrected chi connectivity index (χ2v) is 3.03. The molecule has 2 heterocycles. The minimum atomic E-state index is 0.168. The van der Waals surface area contributed by atoms with E-state index in [4.69, 9.17) is 23.2 Å². The van der Waals surface area contributed by atoms with Gasteiger partial charge in [-0.2, -0.15) is 0 Å². The first kappa shape index (κ1) is 7.83. The van der Waals surface area contributed by atoms with Gasteiger partial charge in [0.05, 0.1) is 5.56 Å². The van der Waals surface area contributed by atoms with Crippen LogP contribution in [0.15, 0.2) is 6.08 Å². The third-order valence-electron chi connectivity index (χ3n) is 1.54. The lowest BCUT2D eigenvalue weighted by Crippen LogP contribution is -2.07. The maximum Gasteiger partial charge on any atom is 0.225 e. The highest BCUT2D eigenvalue weighted by Gasteiger charge is 2.11. The maximum atomic E-state index is 5.82. The minimum absolute atomic E-state index is 0.168. The number of nitrogens with one attached hydrogen (secondary N) is 1. The fourth-order valence-electron chi connectivity index (χ4n) is 1.03. The van der Waals surface area contributed by atoms with Crippen molar-refractivity contribution >= 4 is 35.1 Å². The van der Waals surface area contributed by atoms with E-state index >= 15 is 0 Å². The van der Waals surface area contributed by atoms with E-state index in [9.17, 15) is 0 Å². The van der Waals surface area contributed by atoms with Crippen molar-refractivity contribution in [1.29, 1.82) is 0 Å². The van der Waals surface area contributed by atoms with Crippen LogP contribution in [0.3, 0.4) is 0 Å². The molecule has 2 rings (SSSR count). The van der Waals surface area contributed by atoms with E-state index in [-0.39, 0.29) is 5.28 Å². The van der Waals surface area contributed by atoms with Gasteiger partial charge in [0.25, 0.3) is 0 Å². The molecular formula is C7H5Cl2N3. The number of aromatic nitrogens is 2. The van der Waals surface area contributed by atoms with E-state index in [1.807, 2.05) is 12.2 Å². The van der Waals surface area contributed by atoms with Crippen LogP contribution in [0.5, 0.6) is 0 Å². The molecular weight excluding hydrogens is 197 g/mol. The van der Waals surface area contributed by atoms with Crippen molar-refractivity contribution in [2.24, 2.45) is 0 Å². The molecule has 0 spiro atoms. The van der Waals surface area contributed by atoms with Crippen molar-refractivity contribution < 1.29 is 0 Å². The molecule has 0 aromatic carbocycles. The lowest BCUT2D eigenvalue weighted by molar-refractivity contribution is 1.12. The van der Waals surface area contributed by atoms with Crippen molar-refractivity contribution in [3.8, 4) is 0 Å². The number of anilines is 1. The van der Waals surface area contributed by atoms with Gasteiger partial charge in [-0.3, -0.25) is 0 Å². The summed E-state index contributed by atoms with van der Waals surface area (Å²) in [6.07, 6.45) is 3.83. The van der Waals surface area contributed by atoms with Crippen LogP contribution in [0.25, 0.3) is 6.08 Å². The smallest absolute Gasteiger partial charge is 0.225 e. The summed E-state index contributed by atoms with van der Waals surface area (Å²) < 4.78 is 0. The van der Waals surface area contributed by atoms with E-state index in [1.54, 1.807) is 0 Å². The average Bonchev–Trinajstić information content (AvgIpc) is 2.04. The topological polar surface area (TPSA) is 37.8 Å². The highest BCUT2D eigenvalue weighted by atomic mass is 35.5. The van der Waals surface area contributed by atoms with Crippen LogP contribution < -0.4 is 5.32 Å². The first-order valence-corrected chi connectivity index (χ1v) is 4.16. The summed E-state index contributed by atoms with van der Waals surface area (Å²) in [7, 11) is 0. The number of hydrogen-bond acceptors (Lipinski definition) is 3. The number of hydrogen-bond donors (Lipinski definition) is 1. The van der Waals surface area contributed by atoms with Crippen LogP contribution in [0.2, 0.25) is 10.4 Å². The van der Waals surface area contributed by atoms with Crippen molar-refractivity contribution in [3.05, 3.63) is 22.1 Å². The van der Waals surface area contributed by atoms with Gasteiger partial charge >= 0.3 is 0 Å². The molecule has 1 aliphatic heterocycles. The van der Waals surface area contributed by atoms with Gasteiger partial charge in [0.1, 0.15) is 11.0 Å². The van der Waals surface area contributed by atoms with Crippen LogP contribution >= 0.6 is 23.2 Å². The summed E-state index contributed by atoms with van der Waals surface area (Å²) in [6.45, 7) is 0.747. The summed E-state index contributed by atoms with van der Waals surface area (Å²) >= 11 is 11.4. The Balaban J connectivity index is 2.62.